The zero-order valence-corrected chi connectivity index (χ0v) is 11.4. The lowest BCUT2D eigenvalue weighted by atomic mass is 10.2. The Hall–Kier alpha value is -0.870. The summed E-state index contributed by atoms with van der Waals surface area (Å²) in [4.78, 5) is 17.6. The lowest BCUT2D eigenvalue weighted by Gasteiger charge is -2.36. The normalized spacial score (nSPS) is 17.7. The number of hydrogen-bond acceptors (Lipinski definition) is 3. The SMILES string of the molecule is CC(C)N1CCN(C(=O)Cc2cccs2)CC1. The predicted molar refractivity (Wildman–Crippen MR) is 71.3 cm³/mol. The number of nitrogens with zero attached hydrogens (tertiary/aromatic N) is 2. The van der Waals surface area contributed by atoms with Gasteiger partial charge in [0.25, 0.3) is 0 Å². The van der Waals surface area contributed by atoms with Crippen LogP contribution in [-0.4, -0.2) is 47.9 Å². The molecule has 0 atom stereocenters. The van der Waals surface area contributed by atoms with Crippen LogP contribution in [0, 0.1) is 0 Å². The molecule has 0 aromatic carbocycles. The van der Waals surface area contributed by atoms with Crippen LogP contribution in [0.4, 0.5) is 0 Å². The summed E-state index contributed by atoms with van der Waals surface area (Å²) in [5.41, 5.74) is 0. The van der Waals surface area contributed by atoms with Gasteiger partial charge in [0.1, 0.15) is 0 Å². The molecule has 94 valence electrons. The van der Waals surface area contributed by atoms with Crippen molar-refractivity contribution in [1.29, 1.82) is 0 Å². The quantitative estimate of drug-likeness (QED) is 0.819. The van der Waals surface area contributed by atoms with Crippen molar-refractivity contribution in [2.24, 2.45) is 0 Å². The van der Waals surface area contributed by atoms with Crippen LogP contribution in [0.3, 0.4) is 0 Å². The molecular formula is C13H20N2OS. The maximum Gasteiger partial charge on any atom is 0.227 e. The van der Waals surface area contributed by atoms with E-state index in [4.69, 9.17) is 0 Å². The average molecular weight is 252 g/mol. The standard InChI is InChI=1S/C13H20N2OS/c1-11(2)14-5-7-15(8-6-14)13(16)10-12-4-3-9-17-12/h3-4,9,11H,5-8,10H2,1-2H3. The van der Waals surface area contributed by atoms with Crippen LogP contribution in [0.15, 0.2) is 17.5 Å². The highest BCUT2D eigenvalue weighted by atomic mass is 32.1. The van der Waals surface area contributed by atoms with Gasteiger partial charge in [-0.05, 0) is 25.3 Å². The molecule has 1 amide bonds. The highest BCUT2D eigenvalue weighted by molar-refractivity contribution is 7.10. The second-order valence-corrected chi connectivity index (χ2v) is 5.80. The van der Waals surface area contributed by atoms with Crippen LogP contribution in [0.2, 0.25) is 0 Å². The van der Waals surface area contributed by atoms with Crippen LogP contribution < -0.4 is 0 Å². The monoisotopic (exact) mass is 252 g/mol. The van der Waals surface area contributed by atoms with E-state index in [0.29, 0.717) is 12.5 Å². The first-order valence-electron chi connectivity index (χ1n) is 6.21. The lowest BCUT2D eigenvalue weighted by Crippen LogP contribution is -2.51. The summed E-state index contributed by atoms with van der Waals surface area (Å²) in [6.45, 7) is 8.19. The van der Waals surface area contributed by atoms with E-state index in [2.05, 4.69) is 18.7 Å². The summed E-state index contributed by atoms with van der Waals surface area (Å²) in [6, 6.07) is 4.63. The number of hydrogen-bond donors (Lipinski definition) is 0. The van der Waals surface area contributed by atoms with Crippen molar-refractivity contribution in [3.63, 3.8) is 0 Å². The molecule has 0 saturated carbocycles. The van der Waals surface area contributed by atoms with Gasteiger partial charge in [0.2, 0.25) is 5.91 Å². The maximum absolute atomic E-state index is 12.1. The average Bonchev–Trinajstić information content (AvgIpc) is 2.82. The van der Waals surface area contributed by atoms with Crippen molar-refractivity contribution >= 4 is 17.2 Å². The highest BCUT2D eigenvalue weighted by Gasteiger charge is 2.22. The van der Waals surface area contributed by atoms with Crippen LogP contribution in [0.25, 0.3) is 0 Å². The molecule has 1 aromatic rings. The molecule has 1 aliphatic heterocycles. The fourth-order valence-corrected chi connectivity index (χ4v) is 2.86. The summed E-state index contributed by atoms with van der Waals surface area (Å²) >= 11 is 1.66. The van der Waals surface area contributed by atoms with E-state index >= 15 is 0 Å². The van der Waals surface area contributed by atoms with Gasteiger partial charge in [-0.15, -0.1) is 11.3 Å². The Morgan fingerprint density at radius 2 is 2.06 bits per heavy atom. The molecule has 3 nitrogen and oxygen atoms in total. The van der Waals surface area contributed by atoms with Crippen molar-refractivity contribution in [1.82, 2.24) is 9.80 Å². The molecule has 1 saturated heterocycles. The third kappa shape index (κ3) is 3.30. The van der Waals surface area contributed by atoms with E-state index in [9.17, 15) is 4.79 Å². The Bertz CT molecular complexity index is 354. The molecule has 0 unspecified atom stereocenters. The van der Waals surface area contributed by atoms with Crippen LogP contribution in [-0.2, 0) is 11.2 Å². The third-order valence-electron chi connectivity index (χ3n) is 3.30. The molecule has 0 spiro atoms. The summed E-state index contributed by atoms with van der Waals surface area (Å²) in [6.07, 6.45) is 0.569. The Balaban J connectivity index is 1.82. The minimum Gasteiger partial charge on any atom is -0.340 e. The number of amides is 1. The van der Waals surface area contributed by atoms with Gasteiger partial charge in [-0.3, -0.25) is 9.69 Å². The zero-order chi connectivity index (χ0) is 12.3. The molecule has 0 radical (unpaired) electrons. The van der Waals surface area contributed by atoms with Crippen molar-refractivity contribution in [3.8, 4) is 0 Å². The molecule has 2 rings (SSSR count). The predicted octanol–water partition coefficient (Wildman–Crippen LogP) is 1.84. The van der Waals surface area contributed by atoms with E-state index in [-0.39, 0.29) is 5.91 Å². The Morgan fingerprint density at radius 1 is 1.35 bits per heavy atom. The minimum atomic E-state index is 0.274. The van der Waals surface area contributed by atoms with Gasteiger partial charge in [0, 0.05) is 37.1 Å². The van der Waals surface area contributed by atoms with E-state index in [1.165, 1.54) is 4.88 Å². The van der Waals surface area contributed by atoms with E-state index in [1.54, 1.807) is 11.3 Å². The summed E-state index contributed by atoms with van der Waals surface area (Å²) in [5, 5.41) is 2.03. The Morgan fingerprint density at radius 3 is 2.59 bits per heavy atom. The number of rotatable bonds is 3. The summed E-state index contributed by atoms with van der Waals surface area (Å²) < 4.78 is 0. The first-order valence-corrected chi connectivity index (χ1v) is 7.09. The van der Waals surface area contributed by atoms with Crippen molar-refractivity contribution < 1.29 is 4.79 Å². The third-order valence-corrected chi connectivity index (χ3v) is 4.18. The zero-order valence-electron chi connectivity index (χ0n) is 10.6. The van der Waals surface area contributed by atoms with Crippen molar-refractivity contribution in [2.75, 3.05) is 26.2 Å². The number of carbonyl (C=O) groups is 1. The molecule has 0 aliphatic carbocycles. The lowest BCUT2D eigenvalue weighted by molar-refractivity contribution is -0.132. The highest BCUT2D eigenvalue weighted by Crippen LogP contribution is 2.12. The first kappa shape index (κ1) is 12.6. The van der Waals surface area contributed by atoms with Crippen LogP contribution in [0.5, 0.6) is 0 Å². The number of carbonyl (C=O) groups excluding carboxylic acids is 1. The second-order valence-electron chi connectivity index (χ2n) is 4.77. The van der Waals surface area contributed by atoms with E-state index < -0.39 is 0 Å². The maximum atomic E-state index is 12.1. The smallest absolute Gasteiger partial charge is 0.227 e. The molecule has 1 aliphatic rings. The van der Waals surface area contributed by atoms with Crippen molar-refractivity contribution in [2.45, 2.75) is 26.3 Å². The number of thiophene rings is 1. The molecule has 2 heterocycles. The van der Waals surface area contributed by atoms with Crippen LogP contribution in [0.1, 0.15) is 18.7 Å². The van der Waals surface area contributed by atoms with Gasteiger partial charge < -0.3 is 4.90 Å². The van der Waals surface area contributed by atoms with Gasteiger partial charge in [0.05, 0.1) is 6.42 Å². The van der Waals surface area contributed by atoms with Gasteiger partial charge in [-0.2, -0.15) is 0 Å². The Labute approximate surface area is 107 Å². The largest absolute Gasteiger partial charge is 0.340 e. The molecule has 0 N–H and O–H groups in total. The molecular weight excluding hydrogens is 232 g/mol. The molecule has 4 heteroatoms. The first-order chi connectivity index (χ1) is 8.16. The minimum absolute atomic E-state index is 0.274. The van der Waals surface area contributed by atoms with E-state index in [0.717, 1.165) is 26.2 Å². The topological polar surface area (TPSA) is 23.6 Å². The van der Waals surface area contributed by atoms with Gasteiger partial charge in [-0.1, -0.05) is 6.07 Å². The van der Waals surface area contributed by atoms with E-state index in [1.807, 2.05) is 22.4 Å². The molecule has 1 aromatic heterocycles. The second kappa shape index (κ2) is 5.65. The van der Waals surface area contributed by atoms with Crippen molar-refractivity contribution in [3.05, 3.63) is 22.4 Å². The number of piperazine rings is 1. The summed E-state index contributed by atoms with van der Waals surface area (Å²) in [7, 11) is 0. The Kier molecular flexibility index (Phi) is 4.18. The van der Waals surface area contributed by atoms with Gasteiger partial charge >= 0.3 is 0 Å². The van der Waals surface area contributed by atoms with Gasteiger partial charge in [0.15, 0.2) is 0 Å². The fourth-order valence-electron chi connectivity index (χ4n) is 2.16. The summed E-state index contributed by atoms with van der Waals surface area (Å²) in [5.74, 6) is 0.274. The molecule has 17 heavy (non-hydrogen) atoms. The molecule has 0 bridgehead atoms. The molecule has 1 fully saturated rings. The van der Waals surface area contributed by atoms with Crippen LogP contribution >= 0.6 is 11.3 Å². The fraction of sp³-hybridized carbons (Fsp3) is 0.615. The van der Waals surface area contributed by atoms with Gasteiger partial charge in [-0.25, -0.2) is 0 Å².